The lowest BCUT2D eigenvalue weighted by Crippen LogP contribution is -2.34. The van der Waals surface area contributed by atoms with E-state index in [1.807, 2.05) is 6.07 Å². The number of benzene rings is 2. The van der Waals surface area contributed by atoms with E-state index in [9.17, 15) is 14.0 Å². The lowest BCUT2D eigenvalue weighted by atomic mass is 9.90. The van der Waals surface area contributed by atoms with Crippen molar-refractivity contribution in [2.45, 2.75) is 19.4 Å². The van der Waals surface area contributed by atoms with E-state index in [0.717, 1.165) is 5.56 Å². The van der Waals surface area contributed by atoms with Gasteiger partial charge in [-0.25, -0.2) is 19.2 Å². The number of esters is 1. The molecule has 1 aliphatic heterocycles. The smallest absolute Gasteiger partial charge is 0.496 e. The standard InChI is InChI=1S/C24H22FN3O6/c1-31-22-6-3-15(10-23(29)32-2)9-19(22)17-4-5-21(25)18-7-8-28(13-20(17)18)34-24(30)33-16-11-26-14-27-12-16/h3-6,9,11-12,14H,7-8,10,13H2,1-2H3. The van der Waals surface area contributed by atoms with Crippen LogP contribution in [0.15, 0.2) is 49.1 Å². The van der Waals surface area contributed by atoms with Crippen molar-refractivity contribution in [3.05, 3.63) is 71.6 Å². The Hall–Kier alpha value is -4.05. The molecule has 0 aliphatic carbocycles. The number of aromatic nitrogens is 2. The molecular formula is C24H22FN3O6. The average Bonchev–Trinajstić information content (AvgIpc) is 2.84. The number of ether oxygens (including phenoxy) is 3. The van der Waals surface area contributed by atoms with E-state index in [4.69, 9.17) is 19.0 Å². The fourth-order valence-corrected chi connectivity index (χ4v) is 3.81. The maximum absolute atomic E-state index is 14.7. The van der Waals surface area contributed by atoms with Crippen LogP contribution >= 0.6 is 0 Å². The van der Waals surface area contributed by atoms with Gasteiger partial charge in [0.1, 0.15) is 17.9 Å². The Bertz CT molecular complexity index is 1200. The van der Waals surface area contributed by atoms with Crippen molar-refractivity contribution in [2.75, 3.05) is 20.8 Å². The first kappa shape index (κ1) is 23.1. The molecule has 0 atom stereocenters. The molecule has 0 amide bonds. The zero-order valence-corrected chi connectivity index (χ0v) is 18.6. The minimum Gasteiger partial charge on any atom is -0.496 e. The van der Waals surface area contributed by atoms with Crippen LogP contribution in [0.3, 0.4) is 0 Å². The van der Waals surface area contributed by atoms with Gasteiger partial charge in [0.2, 0.25) is 0 Å². The number of methoxy groups -OCH3 is 2. The summed E-state index contributed by atoms with van der Waals surface area (Å²) >= 11 is 0. The number of nitrogens with zero attached hydrogens (tertiary/aromatic N) is 3. The molecule has 0 radical (unpaired) electrons. The number of hydroxylamine groups is 2. The Kier molecular flexibility index (Phi) is 6.98. The SMILES string of the molecule is COC(=O)Cc1ccc(OC)c(-c2ccc(F)c3c2CN(OC(=O)Oc2cncnc2)CC3)c1. The summed E-state index contributed by atoms with van der Waals surface area (Å²) in [5.41, 5.74) is 3.29. The molecule has 0 saturated carbocycles. The first-order valence-corrected chi connectivity index (χ1v) is 10.4. The Morgan fingerprint density at radius 3 is 2.59 bits per heavy atom. The molecule has 3 aromatic rings. The summed E-state index contributed by atoms with van der Waals surface area (Å²) < 4.78 is 30.0. The number of rotatable bonds is 6. The minimum atomic E-state index is -0.950. The van der Waals surface area contributed by atoms with E-state index >= 15 is 0 Å². The lowest BCUT2D eigenvalue weighted by Gasteiger charge is -2.29. The van der Waals surface area contributed by atoms with Gasteiger partial charge in [-0.3, -0.25) is 4.79 Å². The molecule has 0 N–H and O–H groups in total. The summed E-state index contributed by atoms with van der Waals surface area (Å²) in [6, 6.07) is 8.39. The zero-order valence-electron chi connectivity index (χ0n) is 18.6. The van der Waals surface area contributed by atoms with Crippen LogP contribution in [0.1, 0.15) is 16.7 Å². The molecular weight excluding hydrogens is 445 g/mol. The topological polar surface area (TPSA) is 100 Å². The number of halogens is 1. The Balaban J connectivity index is 1.62. The van der Waals surface area contributed by atoms with Crippen LogP contribution in [0.4, 0.5) is 9.18 Å². The van der Waals surface area contributed by atoms with Crippen molar-refractivity contribution < 1.29 is 33.0 Å². The predicted octanol–water partition coefficient (Wildman–Crippen LogP) is 3.50. The fraction of sp³-hybridized carbons (Fsp3) is 0.250. The molecule has 10 heteroatoms. The molecule has 0 unspecified atom stereocenters. The predicted molar refractivity (Wildman–Crippen MR) is 117 cm³/mol. The largest absolute Gasteiger partial charge is 0.533 e. The van der Waals surface area contributed by atoms with Crippen LogP contribution in [0.25, 0.3) is 11.1 Å². The van der Waals surface area contributed by atoms with Crippen LogP contribution in [0, 0.1) is 5.82 Å². The first-order valence-electron chi connectivity index (χ1n) is 10.4. The summed E-state index contributed by atoms with van der Waals surface area (Å²) in [4.78, 5) is 36.9. The molecule has 0 bridgehead atoms. The van der Waals surface area contributed by atoms with Crippen LogP contribution in [-0.2, 0) is 33.8 Å². The number of carbonyl (C=O) groups excluding carboxylic acids is 2. The van der Waals surface area contributed by atoms with Crippen molar-refractivity contribution in [3.63, 3.8) is 0 Å². The Labute approximate surface area is 195 Å². The van der Waals surface area contributed by atoms with E-state index in [0.29, 0.717) is 34.4 Å². The molecule has 1 aliphatic rings. The highest BCUT2D eigenvalue weighted by Gasteiger charge is 2.27. The number of hydrogen-bond acceptors (Lipinski definition) is 9. The molecule has 0 fully saturated rings. The first-order chi connectivity index (χ1) is 16.5. The van der Waals surface area contributed by atoms with Crippen LogP contribution in [0.5, 0.6) is 11.5 Å². The van der Waals surface area contributed by atoms with E-state index in [2.05, 4.69) is 9.97 Å². The van der Waals surface area contributed by atoms with Crippen LogP contribution < -0.4 is 9.47 Å². The highest BCUT2D eigenvalue weighted by atomic mass is 19.1. The highest BCUT2D eigenvalue weighted by molar-refractivity contribution is 5.78. The van der Waals surface area contributed by atoms with E-state index in [-0.39, 0.29) is 37.0 Å². The van der Waals surface area contributed by atoms with Crippen molar-refractivity contribution in [1.82, 2.24) is 15.0 Å². The van der Waals surface area contributed by atoms with E-state index < -0.39 is 6.16 Å². The van der Waals surface area contributed by atoms with Gasteiger partial charge in [0.25, 0.3) is 0 Å². The van der Waals surface area contributed by atoms with Gasteiger partial charge >= 0.3 is 12.1 Å². The highest BCUT2D eigenvalue weighted by Crippen LogP contribution is 2.37. The monoisotopic (exact) mass is 467 g/mol. The summed E-state index contributed by atoms with van der Waals surface area (Å²) in [7, 11) is 2.86. The molecule has 9 nitrogen and oxygen atoms in total. The molecule has 0 saturated heterocycles. The molecule has 0 spiro atoms. The zero-order chi connectivity index (χ0) is 24.1. The number of fused-ring (bicyclic) bond motifs is 1. The molecule has 2 heterocycles. The lowest BCUT2D eigenvalue weighted by molar-refractivity contribution is -0.139. The second-order valence-electron chi connectivity index (χ2n) is 7.47. The molecule has 4 rings (SSSR count). The fourth-order valence-electron chi connectivity index (χ4n) is 3.81. The van der Waals surface area contributed by atoms with Gasteiger partial charge in [0, 0.05) is 12.1 Å². The summed E-state index contributed by atoms with van der Waals surface area (Å²) in [6.45, 7) is 0.417. The number of hydrogen-bond donors (Lipinski definition) is 0. The van der Waals surface area contributed by atoms with Crippen molar-refractivity contribution in [3.8, 4) is 22.6 Å². The van der Waals surface area contributed by atoms with Gasteiger partial charge in [0.15, 0.2) is 5.75 Å². The maximum Gasteiger partial charge on any atom is 0.533 e. The van der Waals surface area contributed by atoms with Gasteiger partial charge in [-0.05, 0) is 46.9 Å². The third kappa shape index (κ3) is 5.12. The molecule has 34 heavy (non-hydrogen) atoms. The summed E-state index contributed by atoms with van der Waals surface area (Å²) in [6.07, 6.45) is 3.43. The summed E-state index contributed by atoms with van der Waals surface area (Å²) in [5.74, 6) is -0.0148. The molecule has 2 aromatic carbocycles. The third-order valence-electron chi connectivity index (χ3n) is 5.39. The van der Waals surface area contributed by atoms with E-state index in [1.54, 1.807) is 18.2 Å². The quantitative estimate of drug-likeness (QED) is 0.504. The molecule has 1 aromatic heterocycles. The number of carbonyl (C=O) groups is 2. The second-order valence-corrected chi connectivity index (χ2v) is 7.47. The third-order valence-corrected chi connectivity index (χ3v) is 5.39. The average molecular weight is 467 g/mol. The Morgan fingerprint density at radius 1 is 1.06 bits per heavy atom. The van der Waals surface area contributed by atoms with Crippen molar-refractivity contribution in [2.24, 2.45) is 0 Å². The van der Waals surface area contributed by atoms with Gasteiger partial charge in [-0.2, -0.15) is 0 Å². The molecule has 176 valence electrons. The summed E-state index contributed by atoms with van der Waals surface area (Å²) in [5, 5.41) is 1.40. The van der Waals surface area contributed by atoms with Gasteiger partial charge in [-0.1, -0.05) is 12.1 Å². The van der Waals surface area contributed by atoms with Gasteiger partial charge in [-0.15, -0.1) is 5.06 Å². The van der Waals surface area contributed by atoms with Crippen LogP contribution in [0.2, 0.25) is 0 Å². The van der Waals surface area contributed by atoms with E-state index in [1.165, 1.54) is 44.1 Å². The Morgan fingerprint density at radius 2 is 1.85 bits per heavy atom. The van der Waals surface area contributed by atoms with Crippen molar-refractivity contribution >= 4 is 12.1 Å². The van der Waals surface area contributed by atoms with Crippen LogP contribution in [-0.4, -0.2) is 47.9 Å². The van der Waals surface area contributed by atoms with Gasteiger partial charge < -0.3 is 19.0 Å². The minimum absolute atomic E-state index is 0.0845. The second kappa shape index (κ2) is 10.3. The normalized spacial score (nSPS) is 13.0. The van der Waals surface area contributed by atoms with Gasteiger partial charge in [0.05, 0.1) is 39.6 Å². The van der Waals surface area contributed by atoms with Crippen molar-refractivity contribution in [1.29, 1.82) is 0 Å². The maximum atomic E-state index is 14.7.